The molecule has 0 aromatic carbocycles. The molecule has 0 spiro atoms. The third-order valence-corrected chi connectivity index (χ3v) is 5.56. The van der Waals surface area contributed by atoms with Crippen LogP contribution in [0.15, 0.2) is 12.4 Å². The average molecular weight is 318 g/mol. The summed E-state index contributed by atoms with van der Waals surface area (Å²) in [6.45, 7) is 3.47. The summed E-state index contributed by atoms with van der Waals surface area (Å²) >= 11 is 0. The number of nitrogens with zero attached hydrogens (tertiary/aromatic N) is 3. The SMILES string of the molecule is CCC1CCC(Nc2cc(N3CCCCC3CO)ncn2)CC1. The summed E-state index contributed by atoms with van der Waals surface area (Å²) in [5.74, 6) is 2.79. The van der Waals surface area contributed by atoms with Crippen molar-refractivity contribution in [1.82, 2.24) is 9.97 Å². The van der Waals surface area contributed by atoms with Crippen LogP contribution in [0.2, 0.25) is 0 Å². The number of nitrogens with one attached hydrogen (secondary N) is 1. The Morgan fingerprint density at radius 1 is 1.17 bits per heavy atom. The van der Waals surface area contributed by atoms with Crippen molar-refractivity contribution in [2.45, 2.75) is 70.4 Å². The van der Waals surface area contributed by atoms with Gasteiger partial charge in [0.1, 0.15) is 18.0 Å². The lowest BCUT2D eigenvalue weighted by atomic mass is 9.84. The third-order valence-electron chi connectivity index (χ3n) is 5.56. The Morgan fingerprint density at radius 3 is 2.74 bits per heavy atom. The quantitative estimate of drug-likeness (QED) is 0.873. The molecule has 1 aromatic rings. The maximum absolute atomic E-state index is 9.60. The van der Waals surface area contributed by atoms with E-state index in [2.05, 4.69) is 33.2 Å². The third kappa shape index (κ3) is 4.14. The summed E-state index contributed by atoms with van der Waals surface area (Å²) in [4.78, 5) is 11.1. The lowest BCUT2D eigenvalue weighted by molar-refractivity contribution is 0.239. The Labute approximate surface area is 139 Å². The highest BCUT2D eigenvalue weighted by Gasteiger charge is 2.24. The second kappa shape index (κ2) is 7.95. The molecule has 1 aromatic heterocycles. The van der Waals surface area contributed by atoms with Crippen LogP contribution in [0, 0.1) is 5.92 Å². The molecule has 5 heteroatoms. The van der Waals surface area contributed by atoms with Gasteiger partial charge < -0.3 is 15.3 Å². The zero-order valence-corrected chi connectivity index (χ0v) is 14.2. The van der Waals surface area contributed by atoms with Crippen molar-refractivity contribution in [3.8, 4) is 0 Å². The van der Waals surface area contributed by atoms with Crippen molar-refractivity contribution in [2.75, 3.05) is 23.4 Å². The molecule has 0 radical (unpaired) electrons. The zero-order valence-electron chi connectivity index (χ0n) is 14.2. The molecule has 1 saturated carbocycles. The maximum Gasteiger partial charge on any atom is 0.134 e. The summed E-state index contributed by atoms with van der Waals surface area (Å²) in [6, 6.07) is 2.79. The van der Waals surface area contributed by atoms with Gasteiger partial charge in [-0.3, -0.25) is 0 Å². The van der Waals surface area contributed by atoms with Crippen LogP contribution in [0.5, 0.6) is 0 Å². The molecule has 128 valence electrons. The van der Waals surface area contributed by atoms with E-state index >= 15 is 0 Å². The van der Waals surface area contributed by atoms with Crippen LogP contribution in [0.1, 0.15) is 58.3 Å². The first kappa shape index (κ1) is 16.5. The van der Waals surface area contributed by atoms with Crippen LogP contribution in [-0.4, -0.2) is 40.3 Å². The molecule has 0 amide bonds. The largest absolute Gasteiger partial charge is 0.394 e. The molecule has 2 fully saturated rings. The van der Waals surface area contributed by atoms with Gasteiger partial charge in [0.2, 0.25) is 0 Å². The van der Waals surface area contributed by atoms with E-state index in [4.69, 9.17) is 0 Å². The van der Waals surface area contributed by atoms with Crippen molar-refractivity contribution in [2.24, 2.45) is 5.92 Å². The second-order valence-corrected chi connectivity index (χ2v) is 7.06. The van der Waals surface area contributed by atoms with Gasteiger partial charge >= 0.3 is 0 Å². The van der Waals surface area contributed by atoms with E-state index in [1.54, 1.807) is 6.33 Å². The van der Waals surface area contributed by atoms with E-state index in [1.165, 1.54) is 44.9 Å². The average Bonchev–Trinajstić information content (AvgIpc) is 2.62. The highest BCUT2D eigenvalue weighted by molar-refractivity contribution is 5.50. The molecule has 1 saturated heterocycles. The number of aromatic nitrogens is 2. The van der Waals surface area contributed by atoms with E-state index in [0.29, 0.717) is 6.04 Å². The van der Waals surface area contributed by atoms with Gasteiger partial charge in [0.25, 0.3) is 0 Å². The Bertz CT molecular complexity index is 488. The monoisotopic (exact) mass is 318 g/mol. The lowest BCUT2D eigenvalue weighted by Crippen LogP contribution is -2.42. The molecule has 1 atom stereocenters. The van der Waals surface area contributed by atoms with Gasteiger partial charge in [-0.1, -0.05) is 13.3 Å². The second-order valence-electron chi connectivity index (χ2n) is 7.06. The summed E-state index contributed by atoms with van der Waals surface area (Å²) in [6.07, 6.45) is 11.5. The molecule has 1 aliphatic carbocycles. The van der Waals surface area contributed by atoms with Gasteiger partial charge in [0, 0.05) is 18.7 Å². The summed E-state index contributed by atoms with van der Waals surface area (Å²) in [5, 5.41) is 13.2. The highest BCUT2D eigenvalue weighted by Crippen LogP contribution is 2.29. The van der Waals surface area contributed by atoms with E-state index < -0.39 is 0 Å². The molecular formula is C18H30N4O. The van der Waals surface area contributed by atoms with Gasteiger partial charge in [0.05, 0.1) is 12.6 Å². The van der Waals surface area contributed by atoms with Gasteiger partial charge in [-0.25, -0.2) is 9.97 Å². The zero-order chi connectivity index (χ0) is 16.1. The number of rotatable bonds is 5. The maximum atomic E-state index is 9.60. The van der Waals surface area contributed by atoms with Crippen molar-refractivity contribution in [3.05, 3.63) is 12.4 Å². The van der Waals surface area contributed by atoms with Gasteiger partial charge in [-0.2, -0.15) is 0 Å². The first-order chi connectivity index (χ1) is 11.3. The Hall–Kier alpha value is -1.36. The Balaban J connectivity index is 1.63. The Kier molecular flexibility index (Phi) is 5.70. The first-order valence-electron chi connectivity index (χ1n) is 9.26. The van der Waals surface area contributed by atoms with Crippen molar-refractivity contribution >= 4 is 11.6 Å². The minimum Gasteiger partial charge on any atom is -0.394 e. The summed E-state index contributed by atoms with van der Waals surface area (Å²) in [5.41, 5.74) is 0. The highest BCUT2D eigenvalue weighted by atomic mass is 16.3. The fraction of sp³-hybridized carbons (Fsp3) is 0.778. The van der Waals surface area contributed by atoms with Crippen molar-refractivity contribution in [3.63, 3.8) is 0 Å². The fourth-order valence-corrected chi connectivity index (χ4v) is 4.00. The van der Waals surface area contributed by atoms with Crippen LogP contribution in [0.25, 0.3) is 0 Å². The molecule has 5 nitrogen and oxygen atoms in total. The molecule has 1 aliphatic heterocycles. The molecule has 3 rings (SSSR count). The Morgan fingerprint density at radius 2 is 2.00 bits per heavy atom. The molecule has 2 aliphatic rings. The minimum absolute atomic E-state index is 0.200. The minimum atomic E-state index is 0.200. The van der Waals surface area contributed by atoms with E-state index in [-0.39, 0.29) is 12.6 Å². The van der Waals surface area contributed by atoms with Crippen molar-refractivity contribution < 1.29 is 5.11 Å². The fourth-order valence-electron chi connectivity index (χ4n) is 4.00. The van der Waals surface area contributed by atoms with Crippen LogP contribution in [0.3, 0.4) is 0 Å². The lowest BCUT2D eigenvalue weighted by Gasteiger charge is -2.35. The van der Waals surface area contributed by atoms with Gasteiger partial charge in [0.15, 0.2) is 0 Å². The molecule has 0 bridgehead atoms. The van der Waals surface area contributed by atoms with E-state index in [0.717, 1.165) is 30.5 Å². The number of aliphatic hydroxyl groups excluding tert-OH is 1. The van der Waals surface area contributed by atoms with Gasteiger partial charge in [-0.15, -0.1) is 0 Å². The number of hydrogen-bond acceptors (Lipinski definition) is 5. The predicted octanol–water partition coefficient (Wildman–Crippen LogP) is 3.21. The van der Waals surface area contributed by atoms with Gasteiger partial charge in [-0.05, 0) is 50.9 Å². The normalized spacial score (nSPS) is 28.6. The molecule has 2 heterocycles. The molecule has 2 N–H and O–H groups in total. The van der Waals surface area contributed by atoms with Crippen LogP contribution < -0.4 is 10.2 Å². The van der Waals surface area contributed by atoms with E-state index in [9.17, 15) is 5.11 Å². The molecule has 1 unspecified atom stereocenters. The number of piperidine rings is 1. The number of hydrogen-bond donors (Lipinski definition) is 2. The van der Waals surface area contributed by atoms with Crippen LogP contribution in [0.4, 0.5) is 11.6 Å². The van der Waals surface area contributed by atoms with Crippen molar-refractivity contribution in [1.29, 1.82) is 0 Å². The predicted molar refractivity (Wildman–Crippen MR) is 93.8 cm³/mol. The topological polar surface area (TPSA) is 61.3 Å². The van der Waals surface area contributed by atoms with Crippen LogP contribution in [-0.2, 0) is 0 Å². The number of aliphatic hydroxyl groups is 1. The smallest absolute Gasteiger partial charge is 0.134 e. The summed E-state index contributed by atoms with van der Waals surface area (Å²) in [7, 11) is 0. The molecule has 23 heavy (non-hydrogen) atoms. The summed E-state index contributed by atoms with van der Waals surface area (Å²) < 4.78 is 0. The first-order valence-corrected chi connectivity index (χ1v) is 9.26. The standard InChI is InChI=1S/C18H30N4O/c1-2-14-6-8-15(9-7-14)21-17-11-18(20-13-19-17)22-10-4-3-5-16(22)12-23/h11,13-16,23H,2-10,12H2,1H3,(H,19,20,21). The van der Waals surface area contributed by atoms with Crippen LogP contribution >= 0.6 is 0 Å². The van der Waals surface area contributed by atoms with E-state index in [1.807, 2.05) is 0 Å². The number of anilines is 2. The molecular weight excluding hydrogens is 288 g/mol.